The smallest absolute Gasteiger partial charge is 0.358 e. The van der Waals surface area contributed by atoms with Crippen molar-refractivity contribution in [2.24, 2.45) is 0 Å². The van der Waals surface area contributed by atoms with E-state index in [2.05, 4.69) is 15.3 Å². The fourth-order valence-corrected chi connectivity index (χ4v) is 4.54. The van der Waals surface area contributed by atoms with Crippen LogP contribution in [0.2, 0.25) is 0 Å². The lowest BCUT2D eigenvalue weighted by molar-refractivity contribution is -0.140. The molecule has 0 unspecified atom stereocenters. The van der Waals surface area contributed by atoms with Crippen molar-refractivity contribution in [1.29, 1.82) is 0 Å². The van der Waals surface area contributed by atoms with Crippen LogP contribution in [-0.2, 0) is 6.18 Å². The molecule has 4 heterocycles. The molecule has 0 radical (unpaired) electrons. The highest BCUT2D eigenvalue weighted by Gasteiger charge is 2.34. The molecule has 1 fully saturated rings. The lowest BCUT2D eigenvalue weighted by atomic mass is 9.90. The SMILES string of the molecule is CN(c1cccc2nc(C(F)(F)F)cn12)C1CCC(NC(=O)c2ccc3nccn3c2)CC1. The maximum atomic E-state index is 13.1. The lowest BCUT2D eigenvalue weighted by Crippen LogP contribution is -2.43. The van der Waals surface area contributed by atoms with Gasteiger partial charge in [-0.05, 0) is 49.9 Å². The molecule has 5 rings (SSSR count). The van der Waals surface area contributed by atoms with Crippen LogP contribution in [0.4, 0.5) is 19.0 Å². The number of hydrogen-bond acceptors (Lipinski definition) is 4. The minimum Gasteiger partial charge on any atom is -0.358 e. The van der Waals surface area contributed by atoms with E-state index in [9.17, 15) is 18.0 Å². The Morgan fingerprint density at radius 1 is 1.09 bits per heavy atom. The average molecular weight is 456 g/mol. The number of pyridine rings is 2. The van der Waals surface area contributed by atoms with Gasteiger partial charge < -0.3 is 14.6 Å². The molecule has 4 aromatic rings. The first-order valence-electron chi connectivity index (χ1n) is 10.8. The number of alkyl halides is 3. The Balaban J connectivity index is 1.24. The molecule has 10 heteroatoms. The minimum absolute atomic E-state index is 0.0569. The number of fused-ring (bicyclic) bond motifs is 2. The van der Waals surface area contributed by atoms with Crippen LogP contribution in [0.15, 0.2) is 55.1 Å². The summed E-state index contributed by atoms with van der Waals surface area (Å²) in [5.41, 5.74) is 0.725. The predicted octanol–water partition coefficient (Wildman–Crippen LogP) is 4.18. The van der Waals surface area contributed by atoms with Crippen LogP contribution in [0, 0.1) is 0 Å². The number of nitrogens with one attached hydrogen (secondary N) is 1. The summed E-state index contributed by atoms with van der Waals surface area (Å²) in [4.78, 5) is 22.6. The van der Waals surface area contributed by atoms with Gasteiger partial charge in [-0.25, -0.2) is 9.97 Å². The molecule has 33 heavy (non-hydrogen) atoms. The highest BCUT2D eigenvalue weighted by molar-refractivity contribution is 5.94. The fourth-order valence-electron chi connectivity index (χ4n) is 4.54. The predicted molar refractivity (Wildman–Crippen MR) is 117 cm³/mol. The molecule has 0 saturated heterocycles. The van der Waals surface area contributed by atoms with E-state index in [-0.39, 0.29) is 23.6 Å². The fraction of sp³-hybridized carbons (Fsp3) is 0.348. The second-order valence-corrected chi connectivity index (χ2v) is 8.44. The third kappa shape index (κ3) is 4.12. The van der Waals surface area contributed by atoms with Gasteiger partial charge in [0.15, 0.2) is 5.69 Å². The topological polar surface area (TPSA) is 66.9 Å². The van der Waals surface area contributed by atoms with Crippen molar-refractivity contribution in [2.45, 2.75) is 43.9 Å². The summed E-state index contributed by atoms with van der Waals surface area (Å²) in [6.45, 7) is 0. The highest BCUT2D eigenvalue weighted by Crippen LogP contribution is 2.31. The van der Waals surface area contributed by atoms with E-state index in [0.717, 1.165) is 37.5 Å². The van der Waals surface area contributed by atoms with Crippen LogP contribution in [0.1, 0.15) is 41.7 Å². The third-order valence-corrected chi connectivity index (χ3v) is 6.35. The van der Waals surface area contributed by atoms with Crippen LogP contribution in [0.25, 0.3) is 11.3 Å². The zero-order chi connectivity index (χ0) is 23.2. The second kappa shape index (κ2) is 8.09. The summed E-state index contributed by atoms with van der Waals surface area (Å²) < 4.78 is 42.6. The van der Waals surface area contributed by atoms with Gasteiger partial charge in [0.2, 0.25) is 0 Å². The van der Waals surface area contributed by atoms with E-state index < -0.39 is 11.9 Å². The zero-order valence-electron chi connectivity index (χ0n) is 18.0. The van der Waals surface area contributed by atoms with Crippen molar-refractivity contribution in [1.82, 2.24) is 24.1 Å². The Morgan fingerprint density at radius 2 is 1.88 bits per heavy atom. The van der Waals surface area contributed by atoms with Crippen molar-refractivity contribution >= 4 is 23.0 Å². The number of halogens is 3. The summed E-state index contributed by atoms with van der Waals surface area (Å²) in [5, 5.41) is 3.11. The summed E-state index contributed by atoms with van der Waals surface area (Å²) in [6.07, 6.45) is 5.03. The number of aromatic nitrogens is 4. The van der Waals surface area contributed by atoms with Gasteiger partial charge in [-0.1, -0.05) is 6.07 Å². The Labute approximate surface area is 187 Å². The number of rotatable bonds is 4. The van der Waals surface area contributed by atoms with Gasteiger partial charge in [0.1, 0.15) is 17.1 Å². The van der Waals surface area contributed by atoms with Gasteiger partial charge in [0.05, 0.1) is 5.56 Å². The second-order valence-electron chi connectivity index (χ2n) is 8.44. The van der Waals surface area contributed by atoms with E-state index in [1.165, 1.54) is 4.40 Å². The first kappa shape index (κ1) is 21.3. The van der Waals surface area contributed by atoms with Crippen molar-refractivity contribution in [2.75, 3.05) is 11.9 Å². The van der Waals surface area contributed by atoms with Gasteiger partial charge in [-0.15, -0.1) is 0 Å². The van der Waals surface area contributed by atoms with E-state index in [1.54, 1.807) is 42.9 Å². The third-order valence-electron chi connectivity index (χ3n) is 6.35. The molecule has 0 spiro atoms. The Bertz CT molecular complexity index is 1300. The molecule has 1 aliphatic rings. The zero-order valence-corrected chi connectivity index (χ0v) is 18.0. The van der Waals surface area contributed by atoms with Crippen LogP contribution in [0.3, 0.4) is 0 Å². The lowest BCUT2D eigenvalue weighted by Gasteiger charge is -2.36. The number of carbonyl (C=O) groups is 1. The van der Waals surface area contributed by atoms with E-state index >= 15 is 0 Å². The van der Waals surface area contributed by atoms with Gasteiger partial charge >= 0.3 is 6.18 Å². The van der Waals surface area contributed by atoms with Crippen LogP contribution in [-0.4, -0.2) is 43.8 Å². The summed E-state index contributed by atoms with van der Waals surface area (Å²) in [5.74, 6) is 0.543. The number of nitrogens with zero attached hydrogens (tertiary/aromatic N) is 5. The van der Waals surface area contributed by atoms with Crippen molar-refractivity contribution in [3.63, 3.8) is 0 Å². The van der Waals surface area contributed by atoms with Gasteiger partial charge in [0.25, 0.3) is 5.91 Å². The highest BCUT2D eigenvalue weighted by atomic mass is 19.4. The Morgan fingerprint density at radius 3 is 2.64 bits per heavy atom. The average Bonchev–Trinajstić information content (AvgIpc) is 3.45. The standard InChI is InChI=1S/C23H23F3N6O/c1-30(21-4-2-3-20-29-18(14-32(20)21)23(24,25)26)17-8-6-16(7-9-17)28-22(33)15-5-10-19-27-11-12-31(19)13-15/h2-5,10-14,16-17H,6-9H2,1H3,(H,28,33). The van der Waals surface area contributed by atoms with Crippen molar-refractivity contribution in [3.05, 3.63) is 66.4 Å². The molecule has 172 valence electrons. The minimum atomic E-state index is -4.49. The van der Waals surface area contributed by atoms with Gasteiger partial charge in [0, 0.05) is 43.9 Å². The van der Waals surface area contributed by atoms with E-state index in [4.69, 9.17) is 0 Å². The van der Waals surface area contributed by atoms with Crippen LogP contribution < -0.4 is 10.2 Å². The largest absolute Gasteiger partial charge is 0.434 e. The molecule has 7 nitrogen and oxygen atoms in total. The number of amides is 1. The molecule has 1 amide bonds. The van der Waals surface area contributed by atoms with Gasteiger partial charge in [-0.2, -0.15) is 13.2 Å². The monoisotopic (exact) mass is 456 g/mol. The quantitative estimate of drug-likeness (QED) is 0.500. The molecule has 1 aliphatic carbocycles. The molecule has 0 aromatic carbocycles. The molecule has 1 saturated carbocycles. The molecule has 4 aromatic heterocycles. The molecular weight excluding hydrogens is 433 g/mol. The molecular formula is C23H23F3N6O. The first-order chi connectivity index (χ1) is 15.8. The first-order valence-corrected chi connectivity index (χ1v) is 10.8. The molecule has 0 atom stereocenters. The Kier molecular flexibility index (Phi) is 5.22. The van der Waals surface area contributed by atoms with Gasteiger partial charge in [-0.3, -0.25) is 9.20 Å². The Hall–Kier alpha value is -3.56. The number of carbonyl (C=O) groups excluding carboxylic acids is 1. The summed E-state index contributed by atoms with van der Waals surface area (Å²) >= 11 is 0. The van der Waals surface area contributed by atoms with Crippen LogP contribution >= 0.6 is 0 Å². The summed E-state index contributed by atoms with van der Waals surface area (Å²) in [6, 6.07) is 8.87. The van der Waals surface area contributed by atoms with Crippen LogP contribution in [0.5, 0.6) is 0 Å². The number of anilines is 1. The molecule has 0 aliphatic heterocycles. The van der Waals surface area contributed by atoms with E-state index in [1.807, 2.05) is 22.4 Å². The van der Waals surface area contributed by atoms with E-state index in [0.29, 0.717) is 11.4 Å². The summed E-state index contributed by atoms with van der Waals surface area (Å²) in [7, 11) is 1.89. The van der Waals surface area contributed by atoms with Crippen molar-refractivity contribution in [3.8, 4) is 0 Å². The normalized spacial score (nSPS) is 19.2. The number of hydrogen-bond donors (Lipinski definition) is 1. The molecule has 1 N–H and O–H groups in total. The molecule has 0 bridgehead atoms. The number of imidazole rings is 2. The maximum absolute atomic E-state index is 13.1. The van der Waals surface area contributed by atoms with Crippen molar-refractivity contribution < 1.29 is 18.0 Å². The maximum Gasteiger partial charge on any atom is 0.434 e.